The maximum absolute atomic E-state index is 11.6. The fourth-order valence-electron chi connectivity index (χ4n) is 1.15. The molecule has 0 aliphatic rings. The number of aliphatic carboxylic acids is 1. The number of carbonyl (C=O) groups is 2. The van der Waals surface area contributed by atoms with E-state index in [1.165, 1.54) is 7.05 Å². The Bertz CT molecular complexity index is 395. The molecule has 2 N–H and O–H groups in total. The summed E-state index contributed by atoms with van der Waals surface area (Å²) < 4.78 is 31.1. The summed E-state index contributed by atoms with van der Waals surface area (Å²) in [6, 6.07) is 0. The minimum absolute atomic E-state index is 0.0958. The lowest BCUT2D eigenvalue weighted by atomic mass is 10.3. The number of rotatable bonds is 10. The number of nitrogens with one attached hydrogen (secondary N) is 1. The van der Waals surface area contributed by atoms with E-state index < -0.39 is 16.2 Å². The summed E-state index contributed by atoms with van der Waals surface area (Å²) in [5.41, 5.74) is 0. The van der Waals surface area contributed by atoms with E-state index in [0.29, 0.717) is 13.0 Å². The quantitative estimate of drug-likeness (QED) is 0.418. The van der Waals surface area contributed by atoms with Crippen LogP contribution >= 0.6 is 0 Å². The molecule has 0 rings (SSSR count). The Kier molecular flexibility index (Phi) is 8.28. The monoisotopic (exact) mass is 296 g/mol. The average molecular weight is 296 g/mol. The Balaban J connectivity index is 3.96. The predicted octanol–water partition coefficient (Wildman–Crippen LogP) is -0.429. The third kappa shape index (κ3) is 8.51. The van der Waals surface area contributed by atoms with Gasteiger partial charge in [0.2, 0.25) is 0 Å². The average Bonchev–Trinajstić information content (AvgIpc) is 2.32. The van der Waals surface area contributed by atoms with Crippen LogP contribution in [0.5, 0.6) is 0 Å². The lowest BCUT2D eigenvalue weighted by Gasteiger charge is -2.16. The number of nitrogens with zero attached hydrogens (tertiary/aromatic N) is 1. The predicted molar refractivity (Wildman–Crippen MR) is 67.7 cm³/mol. The lowest BCUT2D eigenvalue weighted by molar-refractivity contribution is -0.143. The molecule has 0 aromatic carbocycles. The first-order valence-electron chi connectivity index (χ1n) is 5.88. The largest absolute Gasteiger partial charge is 0.481 e. The molecule has 112 valence electrons. The number of hydrogen-bond acceptors (Lipinski definition) is 5. The van der Waals surface area contributed by atoms with Crippen LogP contribution in [-0.2, 0) is 24.5 Å². The van der Waals surface area contributed by atoms with Gasteiger partial charge in [-0.15, -0.1) is 0 Å². The van der Waals surface area contributed by atoms with E-state index in [-0.39, 0.29) is 31.9 Å². The molecular weight excluding hydrogens is 276 g/mol. The van der Waals surface area contributed by atoms with Gasteiger partial charge in [0, 0.05) is 26.6 Å². The van der Waals surface area contributed by atoms with Gasteiger partial charge in [-0.05, 0) is 13.3 Å². The van der Waals surface area contributed by atoms with E-state index in [2.05, 4.69) is 4.72 Å². The fraction of sp³-hybridized carbons (Fsp3) is 0.800. The SMILES string of the molecule is CCOC(=O)CCCNS(=O)(=O)N(C)CCC(=O)O. The summed E-state index contributed by atoms with van der Waals surface area (Å²) in [5, 5.41) is 8.46. The maximum atomic E-state index is 11.6. The van der Waals surface area contributed by atoms with Gasteiger partial charge in [0.25, 0.3) is 10.2 Å². The second-order valence-corrected chi connectivity index (χ2v) is 5.64. The molecule has 0 saturated heterocycles. The Morgan fingerprint density at radius 3 is 2.47 bits per heavy atom. The first kappa shape index (κ1) is 17.8. The molecule has 8 nitrogen and oxygen atoms in total. The Morgan fingerprint density at radius 1 is 1.32 bits per heavy atom. The molecule has 0 saturated carbocycles. The van der Waals surface area contributed by atoms with Crippen LogP contribution in [0.15, 0.2) is 0 Å². The molecule has 0 aliphatic heterocycles. The molecule has 0 aromatic heterocycles. The van der Waals surface area contributed by atoms with Crippen LogP contribution in [-0.4, -0.2) is 56.5 Å². The van der Waals surface area contributed by atoms with Gasteiger partial charge in [-0.1, -0.05) is 0 Å². The minimum Gasteiger partial charge on any atom is -0.481 e. The van der Waals surface area contributed by atoms with Gasteiger partial charge in [-0.2, -0.15) is 12.7 Å². The van der Waals surface area contributed by atoms with Crippen molar-refractivity contribution in [2.75, 3.05) is 26.7 Å². The minimum atomic E-state index is -3.70. The Hall–Kier alpha value is -1.19. The molecule has 0 radical (unpaired) electrons. The Labute approximate surface area is 112 Å². The van der Waals surface area contributed by atoms with Gasteiger partial charge in [0.15, 0.2) is 0 Å². The van der Waals surface area contributed by atoms with E-state index in [0.717, 1.165) is 4.31 Å². The first-order chi connectivity index (χ1) is 8.79. The second kappa shape index (κ2) is 8.83. The summed E-state index contributed by atoms with van der Waals surface area (Å²) >= 11 is 0. The lowest BCUT2D eigenvalue weighted by Crippen LogP contribution is -2.39. The van der Waals surface area contributed by atoms with Gasteiger partial charge >= 0.3 is 11.9 Å². The van der Waals surface area contributed by atoms with Gasteiger partial charge < -0.3 is 9.84 Å². The van der Waals surface area contributed by atoms with E-state index in [9.17, 15) is 18.0 Å². The summed E-state index contributed by atoms with van der Waals surface area (Å²) in [6.07, 6.45) is 0.195. The molecule has 0 amide bonds. The third-order valence-corrected chi connectivity index (χ3v) is 3.77. The van der Waals surface area contributed by atoms with Crippen LogP contribution in [0.3, 0.4) is 0 Å². The third-order valence-electron chi connectivity index (χ3n) is 2.20. The van der Waals surface area contributed by atoms with Crippen LogP contribution in [0.4, 0.5) is 0 Å². The van der Waals surface area contributed by atoms with Crippen molar-refractivity contribution in [3.8, 4) is 0 Å². The number of ether oxygens (including phenoxy) is 1. The van der Waals surface area contributed by atoms with Crippen LogP contribution in [0.2, 0.25) is 0 Å². The molecule has 0 fully saturated rings. The standard InChI is InChI=1S/C10H20N2O6S/c1-3-18-10(15)5-4-7-11-19(16,17)12(2)8-6-9(13)14/h11H,3-8H2,1-2H3,(H,13,14). The topological polar surface area (TPSA) is 113 Å². The highest BCUT2D eigenvalue weighted by molar-refractivity contribution is 7.87. The molecule has 0 aliphatic carbocycles. The zero-order valence-corrected chi connectivity index (χ0v) is 11.9. The Morgan fingerprint density at radius 2 is 1.95 bits per heavy atom. The van der Waals surface area contributed by atoms with Gasteiger partial charge in [0.1, 0.15) is 0 Å². The highest BCUT2D eigenvalue weighted by atomic mass is 32.2. The van der Waals surface area contributed by atoms with Crippen LogP contribution in [0.1, 0.15) is 26.2 Å². The van der Waals surface area contributed by atoms with Crippen molar-refractivity contribution >= 4 is 22.1 Å². The molecule has 0 unspecified atom stereocenters. The number of hydrogen-bond donors (Lipinski definition) is 2. The second-order valence-electron chi connectivity index (χ2n) is 3.77. The molecule has 0 atom stereocenters. The van der Waals surface area contributed by atoms with E-state index in [1.54, 1.807) is 6.92 Å². The normalized spacial score (nSPS) is 11.5. The summed E-state index contributed by atoms with van der Waals surface area (Å²) in [4.78, 5) is 21.3. The van der Waals surface area contributed by atoms with Crippen LogP contribution < -0.4 is 4.72 Å². The zero-order valence-electron chi connectivity index (χ0n) is 11.1. The fourth-order valence-corrected chi connectivity index (χ4v) is 2.10. The molecule has 0 aromatic rings. The zero-order chi connectivity index (χ0) is 14.9. The van der Waals surface area contributed by atoms with E-state index in [1.807, 2.05) is 0 Å². The smallest absolute Gasteiger partial charge is 0.305 e. The van der Waals surface area contributed by atoms with E-state index in [4.69, 9.17) is 9.84 Å². The summed E-state index contributed by atoms with van der Waals surface area (Å²) in [7, 11) is -2.41. The number of esters is 1. The van der Waals surface area contributed by atoms with Crippen molar-refractivity contribution in [3.05, 3.63) is 0 Å². The maximum Gasteiger partial charge on any atom is 0.305 e. The van der Waals surface area contributed by atoms with Crippen molar-refractivity contribution in [3.63, 3.8) is 0 Å². The molecular formula is C10H20N2O6S. The van der Waals surface area contributed by atoms with Crippen LogP contribution in [0.25, 0.3) is 0 Å². The highest BCUT2D eigenvalue weighted by Gasteiger charge is 2.17. The molecule has 0 heterocycles. The number of carboxylic acid groups (broad SMARTS) is 1. The van der Waals surface area contributed by atoms with Crippen molar-refractivity contribution < 1.29 is 27.9 Å². The molecule has 9 heteroatoms. The highest BCUT2D eigenvalue weighted by Crippen LogP contribution is 1.98. The van der Waals surface area contributed by atoms with Gasteiger partial charge in [-0.3, -0.25) is 9.59 Å². The van der Waals surface area contributed by atoms with Crippen molar-refractivity contribution in [2.45, 2.75) is 26.2 Å². The van der Waals surface area contributed by atoms with E-state index >= 15 is 0 Å². The summed E-state index contributed by atoms with van der Waals surface area (Å²) in [6.45, 7) is 1.97. The van der Waals surface area contributed by atoms with Crippen molar-refractivity contribution in [1.82, 2.24) is 9.03 Å². The molecule has 19 heavy (non-hydrogen) atoms. The van der Waals surface area contributed by atoms with Crippen LogP contribution in [0, 0.1) is 0 Å². The number of carbonyl (C=O) groups excluding carboxylic acids is 1. The first-order valence-corrected chi connectivity index (χ1v) is 7.32. The van der Waals surface area contributed by atoms with Crippen molar-refractivity contribution in [1.29, 1.82) is 0 Å². The van der Waals surface area contributed by atoms with Crippen molar-refractivity contribution in [2.24, 2.45) is 0 Å². The van der Waals surface area contributed by atoms with Gasteiger partial charge in [0.05, 0.1) is 13.0 Å². The molecule has 0 spiro atoms. The van der Waals surface area contributed by atoms with Gasteiger partial charge in [-0.25, -0.2) is 4.72 Å². The number of carboxylic acids is 1. The molecule has 0 bridgehead atoms. The summed E-state index contributed by atoms with van der Waals surface area (Å²) in [5.74, 6) is -1.44.